The van der Waals surface area contributed by atoms with Crippen molar-refractivity contribution in [1.82, 2.24) is 0 Å². The second-order valence-corrected chi connectivity index (χ2v) is 4.80. The molecule has 0 rings (SSSR count). The van der Waals surface area contributed by atoms with E-state index in [-0.39, 0.29) is 12.5 Å². The molecule has 100 valence electrons. The van der Waals surface area contributed by atoms with Crippen LogP contribution in [0.25, 0.3) is 0 Å². The number of rotatable bonds is 7. The van der Waals surface area contributed by atoms with Crippen LogP contribution in [0.2, 0.25) is 0 Å². The Kier molecular flexibility index (Phi) is 6.99. The standard InChI is InChI=1S/C12H22O5/c1-9(16-7-6-15-5)8-10(13)11(14)17-12(2,3)4/h9H,6-8H2,1-5H3/t9-/m0/s1. The molecule has 17 heavy (non-hydrogen) atoms. The molecule has 0 amide bonds. The van der Waals surface area contributed by atoms with Crippen LogP contribution in [0.5, 0.6) is 0 Å². The Balaban J connectivity index is 3.95. The average Bonchev–Trinajstić information content (AvgIpc) is 2.15. The topological polar surface area (TPSA) is 61.8 Å². The molecule has 0 N–H and O–H groups in total. The van der Waals surface area contributed by atoms with Crippen LogP contribution in [0.1, 0.15) is 34.1 Å². The van der Waals surface area contributed by atoms with Gasteiger partial charge in [0.05, 0.1) is 19.3 Å². The van der Waals surface area contributed by atoms with Gasteiger partial charge in [-0.1, -0.05) is 0 Å². The second kappa shape index (κ2) is 7.40. The first-order chi connectivity index (χ1) is 7.76. The van der Waals surface area contributed by atoms with Crippen molar-refractivity contribution in [3.05, 3.63) is 0 Å². The number of esters is 1. The fourth-order valence-electron chi connectivity index (χ4n) is 1.07. The molecular weight excluding hydrogens is 224 g/mol. The van der Waals surface area contributed by atoms with Crippen LogP contribution in [0.15, 0.2) is 0 Å². The molecule has 0 heterocycles. The maximum absolute atomic E-state index is 11.5. The molecule has 0 bridgehead atoms. The molecule has 0 saturated heterocycles. The van der Waals surface area contributed by atoms with Crippen molar-refractivity contribution in [2.24, 2.45) is 0 Å². The van der Waals surface area contributed by atoms with Crippen LogP contribution in [-0.4, -0.2) is 43.8 Å². The van der Waals surface area contributed by atoms with Crippen molar-refractivity contribution >= 4 is 11.8 Å². The van der Waals surface area contributed by atoms with E-state index in [9.17, 15) is 9.59 Å². The quantitative estimate of drug-likeness (QED) is 0.385. The van der Waals surface area contributed by atoms with Crippen molar-refractivity contribution in [3.8, 4) is 0 Å². The third-order valence-electron chi connectivity index (χ3n) is 1.79. The summed E-state index contributed by atoms with van der Waals surface area (Å²) in [7, 11) is 1.57. The SMILES string of the molecule is COCCO[C@@H](C)CC(=O)C(=O)OC(C)(C)C. The molecule has 5 nitrogen and oxygen atoms in total. The predicted octanol–water partition coefficient (Wildman–Crippen LogP) is 1.34. The van der Waals surface area contributed by atoms with Gasteiger partial charge in [0.15, 0.2) is 0 Å². The van der Waals surface area contributed by atoms with E-state index in [1.54, 1.807) is 34.8 Å². The zero-order valence-electron chi connectivity index (χ0n) is 11.2. The minimum Gasteiger partial charge on any atom is -0.454 e. The van der Waals surface area contributed by atoms with E-state index in [1.165, 1.54) is 0 Å². The maximum Gasteiger partial charge on any atom is 0.375 e. The van der Waals surface area contributed by atoms with Gasteiger partial charge >= 0.3 is 5.97 Å². The van der Waals surface area contributed by atoms with Crippen molar-refractivity contribution in [2.75, 3.05) is 20.3 Å². The number of Topliss-reactive ketones (excluding diaryl/α,β-unsaturated/α-hetero) is 1. The molecule has 0 aliphatic heterocycles. The first kappa shape index (κ1) is 16.1. The lowest BCUT2D eigenvalue weighted by Crippen LogP contribution is -2.31. The van der Waals surface area contributed by atoms with Crippen LogP contribution in [-0.2, 0) is 23.8 Å². The summed E-state index contributed by atoms with van der Waals surface area (Å²) in [6.07, 6.45) is -0.288. The van der Waals surface area contributed by atoms with Gasteiger partial charge in [-0.15, -0.1) is 0 Å². The number of carbonyl (C=O) groups is 2. The summed E-state index contributed by atoms with van der Waals surface area (Å²) < 4.78 is 15.0. The molecule has 0 unspecified atom stereocenters. The first-order valence-corrected chi connectivity index (χ1v) is 5.63. The van der Waals surface area contributed by atoms with Gasteiger partial charge in [-0.25, -0.2) is 4.79 Å². The maximum atomic E-state index is 11.5. The highest BCUT2D eigenvalue weighted by molar-refractivity contribution is 6.33. The van der Waals surface area contributed by atoms with Crippen LogP contribution in [0.3, 0.4) is 0 Å². The molecule has 0 aromatic carbocycles. The van der Waals surface area contributed by atoms with Gasteiger partial charge in [-0.3, -0.25) is 4.79 Å². The van der Waals surface area contributed by atoms with Gasteiger partial charge in [0.1, 0.15) is 5.60 Å². The summed E-state index contributed by atoms with van der Waals surface area (Å²) in [4.78, 5) is 22.9. The third-order valence-corrected chi connectivity index (χ3v) is 1.79. The molecule has 0 fully saturated rings. The van der Waals surface area contributed by atoms with Crippen molar-refractivity contribution in [2.45, 2.75) is 45.8 Å². The second-order valence-electron chi connectivity index (χ2n) is 4.80. The number of ketones is 1. The minimum atomic E-state index is -0.806. The van der Waals surface area contributed by atoms with Crippen LogP contribution in [0.4, 0.5) is 0 Å². The van der Waals surface area contributed by atoms with Gasteiger partial charge in [0.2, 0.25) is 5.78 Å². The predicted molar refractivity (Wildman–Crippen MR) is 62.8 cm³/mol. The molecule has 1 atom stereocenters. The average molecular weight is 246 g/mol. The Hall–Kier alpha value is -0.940. The van der Waals surface area contributed by atoms with E-state index in [0.717, 1.165) is 0 Å². The molecule has 0 aliphatic carbocycles. The first-order valence-electron chi connectivity index (χ1n) is 5.63. The highest BCUT2D eigenvalue weighted by atomic mass is 16.6. The Morgan fingerprint density at radius 1 is 1.18 bits per heavy atom. The minimum absolute atomic E-state index is 0.0264. The Morgan fingerprint density at radius 2 is 1.76 bits per heavy atom. The molecule has 5 heteroatoms. The number of methoxy groups -OCH3 is 1. The zero-order valence-corrected chi connectivity index (χ0v) is 11.2. The molecule has 0 radical (unpaired) electrons. The summed E-state index contributed by atoms with van der Waals surface area (Å²) in [5, 5.41) is 0. The number of carbonyl (C=O) groups excluding carboxylic acids is 2. The molecule has 0 aromatic rings. The summed E-state index contributed by atoms with van der Waals surface area (Å²) in [6, 6.07) is 0. The van der Waals surface area contributed by atoms with Gasteiger partial charge in [0.25, 0.3) is 0 Å². The largest absolute Gasteiger partial charge is 0.454 e. The van der Waals surface area contributed by atoms with E-state index in [4.69, 9.17) is 14.2 Å². The Labute approximate surface area is 102 Å². The van der Waals surface area contributed by atoms with Crippen LogP contribution < -0.4 is 0 Å². The van der Waals surface area contributed by atoms with Gasteiger partial charge in [-0.2, -0.15) is 0 Å². The molecular formula is C12H22O5. The van der Waals surface area contributed by atoms with E-state index in [0.29, 0.717) is 13.2 Å². The molecule has 0 aliphatic rings. The third kappa shape index (κ3) is 8.83. The normalized spacial score (nSPS) is 13.2. The Bertz CT molecular complexity index is 254. The lowest BCUT2D eigenvalue weighted by Gasteiger charge is -2.19. The Morgan fingerprint density at radius 3 is 2.24 bits per heavy atom. The van der Waals surface area contributed by atoms with Crippen molar-refractivity contribution < 1.29 is 23.8 Å². The van der Waals surface area contributed by atoms with E-state index >= 15 is 0 Å². The van der Waals surface area contributed by atoms with Crippen molar-refractivity contribution in [1.29, 1.82) is 0 Å². The lowest BCUT2D eigenvalue weighted by molar-refractivity contribution is -0.163. The molecule has 0 saturated carbocycles. The molecule has 0 aromatic heterocycles. The van der Waals surface area contributed by atoms with Crippen LogP contribution in [0, 0.1) is 0 Å². The fraction of sp³-hybridized carbons (Fsp3) is 0.833. The monoisotopic (exact) mass is 246 g/mol. The molecule has 0 spiro atoms. The van der Waals surface area contributed by atoms with E-state index in [2.05, 4.69) is 0 Å². The fourth-order valence-corrected chi connectivity index (χ4v) is 1.07. The highest BCUT2D eigenvalue weighted by Gasteiger charge is 2.24. The summed E-state index contributed by atoms with van der Waals surface area (Å²) >= 11 is 0. The number of hydrogen-bond donors (Lipinski definition) is 0. The van der Waals surface area contributed by atoms with E-state index < -0.39 is 17.4 Å². The summed E-state index contributed by atoms with van der Waals surface area (Å²) in [5.74, 6) is -1.37. The lowest BCUT2D eigenvalue weighted by atomic mass is 10.1. The smallest absolute Gasteiger partial charge is 0.375 e. The summed E-state index contributed by atoms with van der Waals surface area (Å²) in [5.41, 5.74) is -0.646. The van der Waals surface area contributed by atoms with Gasteiger partial charge < -0.3 is 14.2 Å². The number of ether oxygens (including phenoxy) is 3. The zero-order chi connectivity index (χ0) is 13.5. The number of hydrogen-bond acceptors (Lipinski definition) is 5. The van der Waals surface area contributed by atoms with Gasteiger partial charge in [0, 0.05) is 13.5 Å². The highest BCUT2D eigenvalue weighted by Crippen LogP contribution is 2.09. The van der Waals surface area contributed by atoms with Gasteiger partial charge in [-0.05, 0) is 27.7 Å². The van der Waals surface area contributed by atoms with Crippen molar-refractivity contribution in [3.63, 3.8) is 0 Å². The summed E-state index contributed by atoms with van der Waals surface area (Å²) in [6.45, 7) is 7.76. The van der Waals surface area contributed by atoms with E-state index in [1.807, 2.05) is 0 Å². The van der Waals surface area contributed by atoms with Crippen LogP contribution >= 0.6 is 0 Å².